The maximum Gasteiger partial charge on any atom is 0.270 e. The van der Waals surface area contributed by atoms with Crippen LogP contribution in [0.3, 0.4) is 0 Å². The van der Waals surface area contributed by atoms with E-state index in [9.17, 15) is 19.1 Å². The van der Waals surface area contributed by atoms with Gasteiger partial charge in [0.1, 0.15) is 23.7 Å². The topological polar surface area (TPSA) is 156 Å². The predicted molar refractivity (Wildman–Crippen MR) is 171 cm³/mol. The van der Waals surface area contributed by atoms with Crippen molar-refractivity contribution in [3.8, 4) is 5.75 Å². The summed E-state index contributed by atoms with van der Waals surface area (Å²) in [5, 5.41) is 9.81. The zero-order valence-corrected chi connectivity index (χ0v) is 29.0. The number of hydrogen-bond acceptors (Lipinski definition) is 7. The summed E-state index contributed by atoms with van der Waals surface area (Å²) in [5.41, 5.74) is 5.82. The molecule has 2 aromatic rings. The van der Waals surface area contributed by atoms with Gasteiger partial charge in [0.2, 0.25) is 6.41 Å². The van der Waals surface area contributed by atoms with Gasteiger partial charge in [-0.3, -0.25) is 21.2 Å². The van der Waals surface area contributed by atoms with Gasteiger partial charge in [-0.25, -0.2) is 9.37 Å². The number of methoxy groups -OCH3 is 1. The number of fused-ring (bicyclic) bond motifs is 1. The van der Waals surface area contributed by atoms with Gasteiger partial charge in [-0.1, -0.05) is 66.2 Å². The third kappa shape index (κ3) is 13.2. The van der Waals surface area contributed by atoms with E-state index < -0.39 is 23.7 Å². The van der Waals surface area contributed by atoms with Gasteiger partial charge in [-0.15, -0.1) is 0 Å². The van der Waals surface area contributed by atoms with Crippen molar-refractivity contribution in [1.29, 1.82) is 0 Å². The molecule has 1 aliphatic carbocycles. The van der Waals surface area contributed by atoms with Crippen LogP contribution < -0.4 is 16.0 Å². The zero-order chi connectivity index (χ0) is 33.4. The third-order valence-electron chi connectivity index (χ3n) is 8.50. The van der Waals surface area contributed by atoms with Gasteiger partial charge < -0.3 is 30.3 Å². The zero-order valence-electron chi connectivity index (χ0n) is 27.6. The molecule has 1 radical (unpaired) electrons. The number of ether oxygens (including phenoxy) is 1. The molecule has 0 bridgehead atoms. The molecule has 0 spiro atoms. The minimum absolute atomic E-state index is 0. The molecular weight excluding hydrogens is 618 g/mol. The smallest absolute Gasteiger partial charge is 0.270 e. The second kappa shape index (κ2) is 21.1. The van der Waals surface area contributed by atoms with E-state index in [4.69, 9.17) is 14.3 Å². The number of nitrogens with one attached hydrogen (secondary N) is 1. The van der Waals surface area contributed by atoms with Crippen molar-refractivity contribution in [2.24, 2.45) is 23.0 Å². The quantitative estimate of drug-likeness (QED) is 0.210. The number of aliphatic hydroxyl groups excluding tert-OH is 1. The summed E-state index contributed by atoms with van der Waals surface area (Å²) in [7, 11) is 1.62. The van der Waals surface area contributed by atoms with Gasteiger partial charge in [0.05, 0.1) is 24.2 Å². The number of rotatable bonds is 8. The molecule has 5 atom stereocenters. The molecule has 4 N–H and O–H groups in total. The number of likely N-dealkylation sites (tertiary alicyclic amines) is 1. The summed E-state index contributed by atoms with van der Waals surface area (Å²) in [4.78, 5) is 49.3. The molecule has 2 amide bonds. The van der Waals surface area contributed by atoms with E-state index in [-0.39, 0.29) is 36.4 Å². The number of H-pyrrole nitrogens is 1. The van der Waals surface area contributed by atoms with Crippen LogP contribution in [0, 0.1) is 17.3 Å². The van der Waals surface area contributed by atoms with Gasteiger partial charge in [0.25, 0.3) is 11.5 Å². The van der Waals surface area contributed by atoms with Crippen molar-refractivity contribution >= 4 is 30.1 Å². The van der Waals surface area contributed by atoms with E-state index in [2.05, 4.69) is 29.4 Å². The Hall–Kier alpha value is -2.76. The Kier molecular flexibility index (Phi) is 19.8. The molecule has 2 aliphatic rings. The first-order valence-corrected chi connectivity index (χ1v) is 15.4. The first kappa shape index (κ1) is 42.2. The molecular formula is C33H52FN4O6V-. The summed E-state index contributed by atoms with van der Waals surface area (Å²) in [6.45, 7) is 13.1. The number of aromatic amines is 1. The van der Waals surface area contributed by atoms with E-state index in [0.29, 0.717) is 18.7 Å². The number of nitrogens with two attached hydrogens (primary N) is 1. The molecule has 4 unspecified atom stereocenters. The van der Waals surface area contributed by atoms with Crippen molar-refractivity contribution in [3.63, 3.8) is 0 Å². The fourth-order valence-electron chi connectivity index (χ4n) is 5.67. The number of amides is 2. The average Bonchev–Trinajstić information content (AvgIpc) is 3.56. The predicted octanol–water partition coefficient (Wildman–Crippen LogP) is 4.65. The van der Waals surface area contributed by atoms with Crippen LogP contribution in [0.1, 0.15) is 91.7 Å². The minimum atomic E-state index is -1.05. The number of carbonyl (C=O) groups excluding carboxylic acids is 3. The average molecular weight is 671 g/mol. The summed E-state index contributed by atoms with van der Waals surface area (Å²) in [6.07, 6.45) is 8.46. The minimum Gasteiger partial charge on any atom is -0.545 e. The summed E-state index contributed by atoms with van der Waals surface area (Å²) < 4.78 is 18.4. The van der Waals surface area contributed by atoms with Crippen LogP contribution in [0.5, 0.6) is 5.75 Å². The summed E-state index contributed by atoms with van der Waals surface area (Å²) in [5.74, 6) is 2.22. The number of aryl methyl sites for hydroxylation is 1. The molecule has 12 heteroatoms. The molecule has 1 saturated carbocycles. The first-order valence-electron chi connectivity index (χ1n) is 15.4. The number of nitrogens with zero attached hydrogens (tertiary/aromatic N) is 2. The van der Waals surface area contributed by atoms with Crippen molar-refractivity contribution in [2.45, 2.75) is 111 Å². The maximum absolute atomic E-state index is 13.2. The Bertz CT molecular complexity index is 1220. The van der Waals surface area contributed by atoms with Crippen molar-refractivity contribution in [1.82, 2.24) is 14.9 Å². The number of aromatic nitrogens is 2. The maximum atomic E-state index is 13.2. The van der Waals surface area contributed by atoms with Gasteiger partial charge in [0.15, 0.2) is 0 Å². The van der Waals surface area contributed by atoms with Crippen LogP contribution >= 0.6 is 0 Å². The number of carbonyl (C=O) groups is 2. The second-order valence-corrected chi connectivity index (χ2v) is 12.6. The molecule has 1 saturated heterocycles. The molecule has 2 heterocycles. The number of primary amides is 1. The summed E-state index contributed by atoms with van der Waals surface area (Å²) in [6, 6.07) is 5.18. The molecule has 2 fully saturated rings. The fraction of sp³-hybridized carbons (Fsp3) is 0.667. The van der Waals surface area contributed by atoms with Gasteiger partial charge in [-0.05, 0) is 55.6 Å². The monoisotopic (exact) mass is 670 g/mol. The molecule has 1 aromatic heterocycles. The number of benzene rings is 1. The van der Waals surface area contributed by atoms with Crippen LogP contribution in [-0.4, -0.2) is 71.1 Å². The van der Waals surface area contributed by atoms with Crippen LogP contribution in [0.25, 0.3) is 11.0 Å². The van der Waals surface area contributed by atoms with Crippen LogP contribution in [-0.2, 0) is 39.4 Å². The van der Waals surface area contributed by atoms with Gasteiger partial charge in [-0.2, -0.15) is 0 Å². The molecule has 1 aromatic carbocycles. The Labute approximate surface area is 279 Å². The largest absolute Gasteiger partial charge is 0.545 e. The van der Waals surface area contributed by atoms with Crippen molar-refractivity contribution < 1.29 is 47.2 Å². The fourth-order valence-corrected chi connectivity index (χ4v) is 5.67. The van der Waals surface area contributed by atoms with E-state index in [1.165, 1.54) is 43.4 Å². The Morgan fingerprint density at radius 3 is 2.38 bits per heavy atom. The van der Waals surface area contributed by atoms with E-state index in [1.54, 1.807) is 34.8 Å². The van der Waals surface area contributed by atoms with Crippen LogP contribution in [0.15, 0.2) is 23.0 Å². The number of unbranched alkanes of at least 4 members (excludes halogenated alkanes) is 2. The SMILES string of the molecule is CC1C(F)CCN1C(=O)[C@@H](O)C(C)(C)C.COc1ccc2nc(CCCCCC3CCCC3C)c(=O)[nH]c2c1.NC=O.[CH-]=O.[V]. The Balaban J connectivity index is 0.000000796. The molecule has 1 aliphatic heterocycles. The van der Waals surface area contributed by atoms with Gasteiger partial charge in [0, 0.05) is 31.2 Å². The van der Waals surface area contributed by atoms with Crippen LogP contribution in [0.4, 0.5) is 4.39 Å². The standard InChI is InChI=1S/C20H28N2O2.C11H20FNO2.CH3NO.CHO.V/c1-14-7-6-9-15(14)8-4-3-5-10-18-20(23)22-19-13-16(24-2)11-12-17(19)21-18;1-7-8(12)5-6-13(7)10(15)9(14)11(2,3)4;2-1-3;1-2;/h11-15H,3-10H2,1-2H3,(H,22,23);7-9,14H,5-6H2,1-4H3;1H,(H2,2,3);1H;/q;;;-1;/t;7?,8?,9-;;;/m.1.../s1. The third-order valence-corrected chi connectivity index (χ3v) is 8.50. The molecule has 45 heavy (non-hydrogen) atoms. The molecule has 4 rings (SSSR count). The van der Waals surface area contributed by atoms with E-state index in [0.717, 1.165) is 41.5 Å². The Morgan fingerprint density at radius 2 is 1.87 bits per heavy atom. The number of aliphatic hydroxyl groups is 1. The number of alkyl halides is 1. The second-order valence-electron chi connectivity index (χ2n) is 12.6. The number of halogens is 1. The molecule has 10 nitrogen and oxygen atoms in total. The van der Waals surface area contributed by atoms with E-state index in [1.807, 2.05) is 18.2 Å². The number of hydrogen-bond donors (Lipinski definition) is 3. The van der Waals surface area contributed by atoms with Crippen molar-refractivity contribution in [3.05, 3.63) is 34.2 Å². The van der Waals surface area contributed by atoms with E-state index >= 15 is 0 Å². The van der Waals surface area contributed by atoms with Gasteiger partial charge >= 0.3 is 0 Å². The Morgan fingerprint density at radius 1 is 1.22 bits per heavy atom. The summed E-state index contributed by atoms with van der Waals surface area (Å²) >= 11 is 0. The molecule has 253 valence electrons. The first-order chi connectivity index (χ1) is 20.8. The van der Waals surface area contributed by atoms with Crippen LogP contribution in [0.2, 0.25) is 0 Å². The normalized spacial score (nSPS) is 21.1. The van der Waals surface area contributed by atoms with Crippen molar-refractivity contribution in [2.75, 3.05) is 13.7 Å².